The van der Waals surface area contributed by atoms with Gasteiger partial charge >= 0.3 is 0 Å². The second-order valence-electron chi connectivity index (χ2n) is 3.15. The molecule has 2 rings (SSSR count). The first-order valence-electron chi connectivity index (χ1n) is 4.29. The molecule has 0 N–H and O–H groups in total. The molecule has 0 bridgehead atoms. The summed E-state index contributed by atoms with van der Waals surface area (Å²) in [7, 11) is 0. The zero-order valence-electron chi connectivity index (χ0n) is 8.20. The molecule has 0 fully saturated rings. The molecule has 2 aromatic rings. The summed E-state index contributed by atoms with van der Waals surface area (Å²) in [6.45, 7) is 3.72. The van der Waals surface area contributed by atoms with E-state index in [1.54, 1.807) is 17.1 Å². The Balaban J connectivity index is 2.58. The van der Waals surface area contributed by atoms with Crippen molar-refractivity contribution in [1.29, 1.82) is 0 Å². The number of aryl methyl sites for hydroxylation is 2. The van der Waals surface area contributed by atoms with Crippen molar-refractivity contribution < 1.29 is 0 Å². The van der Waals surface area contributed by atoms with Crippen LogP contribution in [0.4, 0.5) is 0 Å². The number of halogens is 2. The van der Waals surface area contributed by atoms with Crippen LogP contribution in [0.2, 0.25) is 10.3 Å². The van der Waals surface area contributed by atoms with Gasteiger partial charge in [0.05, 0.1) is 16.9 Å². The second-order valence-corrected chi connectivity index (χ2v) is 3.90. The van der Waals surface area contributed by atoms with Crippen molar-refractivity contribution >= 4 is 23.2 Å². The third-order valence-electron chi connectivity index (χ3n) is 1.97. The van der Waals surface area contributed by atoms with Gasteiger partial charge in [-0.2, -0.15) is 10.1 Å². The smallest absolute Gasteiger partial charge is 0.224 e. The summed E-state index contributed by atoms with van der Waals surface area (Å²) in [4.78, 5) is 7.97. The van der Waals surface area contributed by atoms with Crippen LogP contribution in [0.15, 0.2) is 12.4 Å². The monoisotopic (exact) mass is 242 g/mol. The van der Waals surface area contributed by atoms with Crippen molar-refractivity contribution in [3.8, 4) is 5.82 Å². The molecule has 0 aromatic carbocycles. The van der Waals surface area contributed by atoms with Crippen molar-refractivity contribution in [3.63, 3.8) is 0 Å². The quantitative estimate of drug-likeness (QED) is 0.723. The molecule has 0 saturated heterocycles. The Kier molecular flexibility index (Phi) is 2.63. The minimum atomic E-state index is 0.194. The molecule has 0 atom stereocenters. The predicted molar refractivity (Wildman–Crippen MR) is 58.6 cm³/mol. The lowest BCUT2D eigenvalue weighted by atomic mass is 10.3. The maximum Gasteiger partial charge on any atom is 0.224 e. The third kappa shape index (κ3) is 1.96. The summed E-state index contributed by atoms with van der Waals surface area (Å²) in [6.07, 6.45) is 3.35. The summed E-state index contributed by atoms with van der Waals surface area (Å²) in [5.41, 5.74) is 1.64. The van der Waals surface area contributed by atoms with E-state index in [0.717, 1.165) is 11.3 Å². The van der Waals surface area contributed by atoms with Gasteiger partial charge in [-0.3, -0.25) is 0 Å². The van der Waals surface area contributed by atoms with Crippen LogP contribution in [0.25, 0.3) is 5.82 Å². The average molecular weight is 243 g/mol. The number of rotatable bonds is 1. The molecule has 4 nitrogen and oxygen atoms in total. The van der Waals surface area contributed by atoms with E-state index in [4.69, 9.17) is 23.2 Å². The third-order valence-corrected chi connectivity index (χ3v) is 2.52. The van der Waals surface area contributed by atoms with Gasteiger partial charge in [-0.25, -0.2) is 9.67 Å². The Bertz CT molecular complexity index is 487. The summed E-state index contributed by atoms with van der Waals surface area (Å²) >= 11 is 11.6. The Morgan fingerprint density at radius 3 is 2.60 bits per heavy atom. The van der Waals surface area contributed by atoms with Gasteiger partial charge in [-0.1, -0.05) is 11.6 Å². The van der Waals surface area contributed by atoms with E-state index < -0.39 is 0 Å². The molecule has 0 unspecified atom stereocenters. The van der Waals surface area contributed by atoms with E-state index in [0.29, 0.717) is 10.8 Å². The van der Waals surface area contributed by atoms with Crippen molar-refractivity contribution in [2.24, 2.45) is 0 Å². The van der Waals surface area contributed by atoms with Crippen LogP contribution in [-0.4, -0.2) is 19.7 Å². The van der Waals surface area contributed by atoms with E-state index >= 15 is 0 Å². The van der Waals surface area contributed by atoms with Gasteiger partial charge < -0.3 is 0 Å². The van der Waals surface area contributed by atoms with Gasteiger partial charge in [-0.05, 0) is 25.4 Å². The van der Waals surface area contributed by atoms with Crippen LogP contribution in [0.3, 0.4) is 0 Å². The highest BCUT2D eigenvalue weighted by Gasteiger charge is 2.08. The van der Waals surface area contributed by atoms with Gasteiger partial charge in [0.1, 0.15) is 0 Å². The highest BCUT2D eigenvalue weighted by Crippen LogP contribution is 2.17. The first-order valence-corrected chi connectivity index (χ1v) is 5.05. The van der Waals surface area contributed by atoms with Crippen LogP contribution in [-0.2, 0) is 0 Å². The maximum absolute atomic E-state index is 5.91. The Morgan fingerprint density at radius 2 is 2.00 bits per heavy atom. The highest BCUT2D eigenvalue weighted by atomic mass is 35.5. The molecule has 0 aliphatic heterocycles. The largest absolute Gasteiger partial charge is 0.226 e. The number of hydrogen-bond donors (Lipinski definition) is 0. The van der Waals surface area contributed by atoms with Crippen LogP contribution >= 0.6 is 23.2 Å². The van der Waals surface area contributed by atoms with Crippen molar-refractivity contribution in [2.45, 2.75) is 13.8 Å². The topological polar surface area (TPSA) is 43.6 Å². The second kappa shape index (κ2) is 3.79. The number of nitrogens with zero attached hydrogens (tertiary/aromatic N) is 4. The Hall–Kier alpha value is -1.13. The Morgan fingerprint density at radius 1 is 1.27 bits per heavy atom. The molecule has 0 spiro atoms. The lowest BCUT2D eigenvalue weighted by Crippen LogP contribution is -2.02. The van der Waals surface area contributed by atoms with Gasteiger partial charge in [0.2, 0.25) is 5.28 Å². The standard InChI is InChI=1S/C9H8Cl2N4/c1-5-3-12-9(11)13-8(5)15-4-7(10)6(2)14-15/h3-4H,1-2H3. The fourth-order valence-electron chi connectivity index (χ4n) is 1.19. The molecule has 15 heavy (non-hydrogen) atoms. The minimum Gasteiger partial charge on any atom is -0.226 e. The number of aromatic nitrogens is 4. The van der Waals surface area contributed by atoms with E-state index in [-0.39, 0.29) is 5.28 Å². The van der Waals surface area contributed by atoms with Gasteiger partial charge in [0.25, 0.3) is 0 Å². The highest BCUT2D eigenvalue weighted by molar-refractivity contribution is 6.31. The average Bonchev–Trinajstić information content (AvgIpc) is 2.51. The zero-order valence-corrected chi connectivity index (χ0v) is 9.71. The van der Waals surface area contributed by atoms with E-state index in [1.165, 1.54) is 0 Å². The molecule has 0 saturated carbocycles. The molecular weight excluding hydrogens is 235 g/mol. The van der Waals surface area contributed by atoms with Crippen molar-refractivity contribution in [2.75, 3.05) is 0 Å². The molecular formula is C9H8Cl2N4. The molecule has 2 heterocycles. The summed E-state index contributed by atoms with van der Waals surface area (Å²) in [5.74, 6) is 0.644. The van der Waals surface area contributed by atoms with Gasteiger partial charge in [0, 0.05) is 11.8 Å². The van der Waals surface area contributed by atoms with Crippen LogP contribution < -0.4 is 0 Å². The van der Waals surface area contributed by atoms with E-state index in [9.17, 15) is 0 Å². The van der Waals surface area contributed by atoms with Crippen LogP contribution in [0.1, 0.15) is 11.3 Å². The van der Waals surface area contributed by atoms with Crippen LogP contribution in [0, 0.1) is 13.8 Å². The zero-order chi connectivity index (χ0) is 11.0. The maximum atomic E-state index is 5.91. The van der Waals surface area contributed by atoms with Gasteiger partial charge in [0.15, 0.2) is 5.82 Å². The SMILES string of the molecule is Cc1cnc(Cl)nc1-n1cc(Cl)c(C)n1. The normalized spacial score (nSPS) is 10.7. The fraction of sp³-hybridized carbons (Fsp3) is 0.222. The molecule has 6 heteroatoms. The summed E-state index contributed by atoms with van der Waals surface area (Å²) in [5, 5.41) is 5.01. The molecule has 2 aromatic heterocycles. The number of hydrogen-bond acceptors (Lipinski definition) is 3. The van der Waals surface area contributed by atoms with Gasteiger partial charge in [-0.15, -0.1) is 0 Å². The molecule has 0 aliphatic carbocycles. The van der Waals surface area contributed by atoms with E-state index in [2.05, 4.69) is 15.1 Å². The Labute approximate surface area is 96.9 Å². The molecule has 0 amide bonds. The lowest BCUT2D eigenvalue weighted by molar-refractivity contribution is 0.817. The minimum absolute atomic E-state index is 0.194. The lowest BCUT2D eigenvalue weighted by Gasteiger charge is -2.03. The molecule has 78 valence electrons. The first kappa shape index (κ1) is 10.4. The fourth-order valence-corrected chi connectivity index (χ4v) is 1.45. The summed E-state index contributed by atoms with van der Waals surface area (Å²) < 4.78 is 1.60. The van der Waals surface area contributed by atoms with Crippen molar-refractivity contribution in [1.82, 2.24) is 19.7 Å². The predicted octanol–water partition coefficient (Wildman–Crippen LogP) is 2.59. The summed E-state index contributed by atoms with van der Waals surface area (Å²) in [6, 6.07) is 0. The van der Waals surface area contributed by atoms with Crippen LogP contribution in [0.5, 0.6) is 0 Å². The molecule has 0 aliphatic rings. The van der Waals surface area contributed by atoms with Crippen molar-refractivity contribution in [3.05, 3.63) is 34.0 Å². The molecule has 0 radical (unpaired) electrons. The van der Waals surface area contributed by atoms with E-state index in [1.807, 2.05) is 13.8 Å². The first-order chi connectivity index (χ1) is 7.08.